The second-order valence-electron chi connectivity index (χ2n) is 8.95. The van der Waals surface area contributed by atoms with Crippen molar-refractivity contribution in [2.45, 2.75) is 46.6 Å². The third-order valence-corrected chi connectivity index (χ3v) is 6.30. The van der Waals surface area contributed by atoms with Crippen molar-refractivity contribution >= 4 is 22.6 Å². The normalized spacial score (nSPS) is 11.9. The van der Waals surface area contributed by atoms with Crippen LogP contribution in [0.5, 0.6) is 0 Å². The molecule has 1 heterocycles. The minimum absolute atomic E-state index is 0.108. The molecule has 1 aromatic heterocycles. The molecule has 0 aliphatic heterocycles. The molecule has 6 nitrogen and oxygen atoms in total. The number of amides is 2. The van der Waals surface area contributed by atoms with Gasteiger partial charge in [-0.3, -0.25) is 9.36 Å². The molecule has 0 aliphatic rings. The molecule has 0 fully saturated rings. The maximum Gasteiger partial charge on any atom is 0.322 e. The second kappa shape index (κ2) is 10.7. The van der Waals surface area contributed by atoms with Gasteiger partial charge < -0.3 is 10.2 Å². The molecule has 2 amide bonds. The van der Waals surface area contributed by atoms with Gasteiger partial charge in [0.2, 0.25) is 0 Å². The smallest absolute Gasteiger partial charge is 0.314 e. The van der Waals surface area contributed by atoms with Crippen LogP contribution in [0.1, 0.15) is 49.7 Å². The second-order valence-corrected chi connectivity index (χ2v) is 8.95. The van der Waals surface area contributed by atoms with E-state index in [4.69, 9.17) is 4.98 Å². The molecular weight excluding hydrogens is 455 g/mol. The van der Waals surface area contributed by atoms with Crippen molar-refractivity contribution in [1.82, 2.24) is 14.5 Å². The van der Waals surface area contributed by atoms with Crippen LogP contribution >= 0.6 is 0 Å². The highest BCUT2D eigenvalue weighted by molar-refractivity contribution is 5.89. The summed E-state index contributed by atoms with van der Waals surface area (Å²) in [5.41, 5.74) is 3.24. The fraction of sp³-hybridized carbons (Fsp3) is 0.276. The topological polar surface area (TPSA) is 67.2 Å². The summed E-state index contributed by atoms with van der Waals surface area (Å²) in [4.78, 5) is 33.9. The number of carbonyl (C=O) groups is 1. The van der Waals surface area contributed by atoms with Crippen LogP contribution in [-0.4, -0.2) is 27.0 Å². The highest BCUT2D eigenvalue weighted by Crippen LogP contribution is 2.28. The van der Waals surface area contributed by atoms with Crippen LogP contribution in [0.4, 0.5) is 14.9 Å². The van der Waals surface area contributed by atoms with Crippen molar-refractivity contribution in [2.75, 3.05) is 11.9 Å². The maximum absolute atomic E-state index is 14.3. The van der Waals surface area contributed by atoms with Gasteiger partial charge in [0.15, 0.2) is 0 Å². The number of carbonyl (C=O) groups excluding carboxylic acids is 1. The van der Waals surface area contributed by atoms with E-state index in [0.29, 0.717) is 36.1 Å². The Morgan fingerprint density at radius 2 is 1.78 bits per heavy atom. The van der Waals surface area contributed by atoms with Gasteiger partial charge in [0.1, 0.15) is 11.6 Å². The third kappa shape index (κ3) is 4.87. The van der Waals surface area contributed by atoms with Gasteiger partial charge >= 0.3 is 6.03 Å². The molecule has 1 N–H and O–H groups in total. The Morgan fingerprint density at radius 1 is 1.06 bits per heavy atom. The Hall–Kier alpha value is -4.00. The molecule has 0 spiro atoms. The number of fused-ring (bicyclic) bond motifs is 1. The number of nitrogens with zero attached hydrogens (tertiary/aromatic N) is 3. The summed E-state index contributed by atoms with van der Waals surface area (Å²) in [5.74, 6) is -0.0309. The highest BCUT2D eigenvalue weighted by Gasteiger charge is 2.29. The first-order chi connectivity index (χ1) is 17.3. The number of halogens is 1. The number of para-hydroxylation sites is 2. The molecule has 36 heavy (non-hydrogen) atoms. The lowest BCUT2D eigenvalue weighted by molar-refractivity contribution is 0.181. The van der Waals surface area contributed by atoms with Gasteiger partial charge in [-0.25, -0.2) is 14.2 Å². The zero-order valence-corrected chi connectivity index (χ0v) is 21.1. The SMILES string of the molecule is CCCN(C(=O)Nc1ccccc1F)C(CC)c1nc2ccccc2c(=O)n1-c1ccc(C)cc1C. The molecule has 7 heteroatoms. The number of hydrogen-bond donors (Lipinski definition) is 1. The average Bonchev–Trinajstić information content (AvgIpc) is 2.86. The fourth-order valence-corrected chi connectivity index (χ4v) is 4.59. The molecule has 1 atom stereocenters. The lowest BCUT2D eigenvalue weighted by atomic mass is 10.1. The van der Waals surface area contributed by atoms with E-state index in [2.05, 4.69) is 5.32 Å². The summed E-state index contributed by atoms with van der Waals surface area (Å²) >= 11 is 0. The van der Waals surface area contributed by atoms with Crippen LogP contribution in [0, 0.1) is 19.7 Å². The van der Waals surface area contributed by atoms with E-state index in [-0.39, 0.29) is 11.2 Å². The largest absolute Gasteiger partial charge is 0.322 e. The molecule has 0 aliphatic carbocycles. The minimum Gasteiger partial charge on any atom is -0.314 e. The molecule has 0 radical (unpaired) electrons. The molecule has 0 bridgehead atoms. The van der Waals surface area contributed by atoms with Crippen molar-refractivity contribution in [3.8, 4) is 5.69 Å². The lowest BCUT2D eigenvalue weighted by Crippen LogP contribution is -2.41. The Balaban J connectivity index is 1.90. The van der Waals surface area contributed by atoms with Gasteiger partial charge in [-0.05, 0) is 62.6 Å². The van der Waals surface area contributed by atoms with Gasteiger partial charge in [-0.2, -0.15) is 0 Å². The Morgan fingerprint density at radius 3 is 2.47 bits per heavy atom. The zero-order valence-electron chi connectivity index (χ0n) is 21.1. The van der Waals surface area contributed by atoms with Gasteiger partial charge in [0.25, 0.3) is 5.56 Å². The molecule has 0 saturated carbocycles. The van der Waals surface area contributed by atoms with Crippen LogP contribution in [0.2, 0.25) is 0 Å². The summed E-state index contributed by atoms with van der Waals surface area (Å²) < 4.78 is 15.9. The first kappa shape index (κ1) is 25.1. The highest BCUT2D eigenvalue weighted by atomic mass is 19.1. The molecule has 186 valence electrons. The lowest BCUT2D eigenvalue weighted by Gasteiger charge is -2.32. The van der Waals surface area contributed by atoms with E-state index in [0.717, 1.165) is 16.8 Å². The van der Waals surface area contributed by atoms with Gasteiger partial charge in [0.05, 0.1) is 28.3 Å². The summed E-state index contributed by atoms with van der Waals surface area (Å²) in [6, 6.07) is 18.3. The van der Waals surface area contributed by atoms with Crippen LogP contribution in [-0.2, 0) is 0 Å². The standard InChI is InChI=1S/C29H31FN4O2/c1-5-17-33(29(36)32-24-14-10-8-12-22(24)30)25(6-2)27-31-23-13-9-7-11-21(23)28(35)34(27)26-16-15-19(3)18-20(26)4/h7-16,18,25H,5-6,17H2,1-4H3,(H,32,36). The molecule has 4 aromatic rings. The minimum atomic E-state index is -0.519. The predicted molar refractivity (Wildman–Crippen MR) is 142 cm³/mol. The summed E-state index contributed by atoms with van der Waals surface area (Å²) in [6.45, 7) is 8.31. The van der Waals surface area contributed by atoms with Gasteiger partial charge in [0, 0.05) is 6.54 Å². The molecule has 3 aromatic carbocycles. The van der Waals surface area contributed by atoms with Crippen molar-refractivity contribution in [1.29, 1.82) is 0 Å². The third-order valence-electron chi connectivity index (χ3n) is 6.30. The van der Waals surface area contributed by atoms with Gasteiger partial charge in [-0.1, -0.05) is 55.8 Å². The van der Waals surface area contributed by atoms with E-state index in [1.165, 1.54) is 12.1 Å². The van der Waals surface area contributed by atoms with Crippen LogP contribution in [0.25, 0.3) is 16.6 Å². The molecular formula is C29H31FN4O2. The number of anilines is 1. The predicted octanol–water partition coefficient (Wildman–Crippen LogP) is 6.54. The number of rotatable bonds is 7. The van der Waals surface area contributed by atoms with E-state index in [1.807, 2.05) is 64.1 Å². The molecule has 1 unspecified atom stereocenters. The van der Waals surface area contributed by atoms with Crippen LogP contribution in [0.3, 0.4) is 0 Å². The number of nitrogens with one attached hydrogen (secondary N) is 1. The Kier molecular flexibility index (Phi) is 7.48. The monoisotopic (exact) mass is 486 g/mol. The van der Waals surface area contributed by atoms with Crippen molar-refractivity contribution in [3.63, 3.8) is 0 Å². The first-order valence-electron chi connectivity index (χ1n) is 12.3. The van der Waals surface area contributed by atoms with E-state index in [1.54, 1.807) is 27.7 Å². The molecule has 4 rings (SSSR count). The Labute approximate surface area is 210 Å². The van der Waals surface area contributed by atoms with Crippen LogP contribution < -0.4 is 10.9 Å². The number of aromatic nitrogens is 2. The Bertz CT molecular complexity index is 1460. The van der Waals surface area contributed by atoms with Gasteiger partial charge in [-0.15, -0.1) is 0 Å². The van der Waals surface area contributed by atoms with Crippen molar-refractivity contribution in [3.05, 3.63) is 99.9 Å². The number of hydrogen-bond acceptors (Lipinski definition) is 3. The quantitative estimate of drug-likeness (QED) is 0.323. The summed E-state index contributed by atoms with van der Waals surface area (Å²) in [5, 5.41) is 3.21. The molecule has 0 saturated heterocycles. The van der Waals surface area contributed by atoms with E-state index >= 15 is 0 Å². The first-order valence-corrected chi connectivity index (χ1v) is 12.3. The van der Waals surface area contributed by atoms with Crippen LogP contribution in [0.15, 0.2) is 71.5 Å². The van der Waals surface area contributed by atoms with Crippen molar-refractivity contribution < 1.29 is 9.18 Å². The number of urea groups is 1. The van der Waals surface area contributed by atoms with Crippen molar-refractivity contribution in [2.24, 2.45) is 0 Å². The zero-order chi connectivity index (χ0) is 25.8. The van der Waals surface area contributed by atoms with E-state index < -0.39 is 17.9 Å². The number of benzene rings is 3. The fourth-order valence-electron chi connectivity index (χ4n) is 4.59. The summed E-state index contributed by atoms with van der Waals surface area (Å²) in [6.07, 6.45) is 1.20. The van der Waals surface area contributed by atoms with E-state index in [9.17, 15) is 14.0 Å². The average molecular weight is 487 g/mol. The number of aryl methyl sites for hydroxylation is 2. The maximum atomic E-state index is 14.3. The summed E-state index contributed by atoms with van der Waals surface area (Å²) in [7, 11) is 0.